The van der Waals surface area contributed by atoms with Crippen molar-refractivity contribution in [2.75, 3.05) is 54.1 Å². The Labute approximate surface area is 314 Å². The minimum atomic E-state index is -4.28. The van der Waals surface area contributed by atoms with Gasteiger partial charge < -0.3 is 18.9 Å². The van der Waals surface area contributed by atoms with Crippen LogP contribution in [0.4, 0.5) is 0 Å². The fourth-order valence-electron chi connectivity index (χ4n) is 5.21. The van der Waals surface area contributed by atoms with Crippen LogP contribution in [0.25, 0.3) is 0 Å². The number of rotatable bonds is 37. The first kappa shape index (κ1) is 49.5. The van der Waals surface area contributed by atoms with Crippen LogP contribution in [0.1, 0.15) is 155 Å². The maximum atomic E-state index is 12.6. The van der Waals surface area contributed by atoms with Crippen molar-refractivity contribution in [2.24, 2.45) is 0 Å². The summed E-state index contributed by atoms with van der Waals surface area (Å²) in [6.07, 6.45) is 41.4. The average molecular weight is 741 g/mol. The van der Waals surface area contributed by atoms with Gasteiger partial charge in [-0.1, -0.05) is 127 Å². The minimum absolute atomic E-state index is 0.0826. The van der Waals surface area contributed by atoms with Crippen LogP contribution in [-0.2, 0) is 27.9 Å². The van der Waals surface area contributed by atoms with Crippen LogP contribution in [0.5, 0.6) is 0 Å². The molecular formula is C42H79NO7P+. The zero-order valence-electron chi connectivity index (χ0n) is 33.6. The molecule has 0 rings (SSSR count). The second kappa shape index (κ2) is 35.5. The molecule has 0 radical (unpaired) electrons. The van der Waals surface area contributed by atoms with Crippen molar-refractivity contribution in [1.29, 1.82) is 0 Å². The fourth-order valence-corrected chi connectivity index (χ4v) is 5.95. The van der Waals surface area contributed by atoms with Crippen molar-refractivity contribution in [2.45, 2.75) is 161 Å². The molecule has 2 atom stereocenters. The van der Waals surface area contributed by atoms with Crippen molar-refractivity contribution in [3.05, 3.63) is 48.6 Å². The maximum absolute atomic E-state index is 12.6. The number of quaternary nitrogens is 1. The van der Waals surface area contributed by atoms with Gasteiger partial charge in [-0.05, 0) is 70.6 Å². The molecular weight excluding hydrogens is 661 g/mol. The van der Waals surface area contributed by atoms with Gasteiger partial charge in [0.05, 0.1) is 34.4 Å². The molecule has 0 spiro atoms. The first-order valence-electron chi connectivity index (χ1n) is 20.4. The summed E-state index contributed by atoms with van der Waals surface area (Å²) in [5.74, 6) is -0.330. The highest BCUT2D eigenvalue weighted by Crippen LogP contribution is 2.43. The number of likely N-dealkylation sites (N-methyl/N-ethyl adjacent to an activating group) is 1. The predicted molar refractivity (Wildman–Crippen MR) is 215 cm³/mol. The number of hydrogen-bond acceptors (Lipinski definition) is 6. The highest BCUT2D eigenvalue weighted by molar-refractivity contribution is 7.47. The van der Waals surface area contributed by atoms with Crippen molar-refractivity contribution >= 4 is 13.8 Å². The largest absolute Gasteiger partial charge is 0.472 e. The molecule has 0 aromatic carbocycles. The van der Waals surface area contributed by atoms with Crippen molar-refractivity contribution < 1.29 is 37.3 Å². The molecule has 51 heavy (non-hydrogen) atoms. The van der Waals surface area contributed by atoms with Crippen molar-refractivity contribution in [3.8, 4) is 0 Å². The summed E-state index contributed by atoms with van der Waals surface area (Å²) in [6, 6.07) is 0. The standard InChI is InChI=1S/C42H78NO7P/c1-6-8-10-12-14-16-18-20-21-22-24-26-28-30-32-34-37-47-39-41(40-49-51(45,46)48-38-36-43(3,4)5)50-42(44)35-33-31-29-27-25-23-19-17-15-13-11-9-7-2/h8,10,14,16-17,19-21,41H,6-7,9,11-13,15,18,22-40H2,1-5H3/p+1/b10-8-,16-14-,19-17-,21-20-. The molecule has 9 heteroatoms. The number of esters is 1. The summed E-state index contributed by atoms with van der Waals surface area (Å²) >= 11 is 0. The van der Waals surface area contributed by atoms with E-state index in [0.29, 0.717) is 24.1 Å². The van der Waals surface area contributed by atoms with E-state index < -0.39 is 13.9 Å². The average Bonchev–Trinajstić information content (AvgIpc) is 3.08. The molecule has 2 unspecified atom stereocenters. The van der Waals surface area contributed by atoms with Crippen LogP contribution in [0.3, 0.4) is 0 Å². The molecule has 8 nitrogen and oxygen atoms in total. The molecule has 0 aliphatic heterocycles. The van der Waals surface area contributed by atoms with Gasteiger partial charge in [0.25, 0.3) is 0 Å². The van der Waals surface area contributed by atoms with Crippen LogP contribution in [-0.4, -0.2) is 75.6 Å². The molecule has 0 fully saturated rings. The Morgan fingerprint density at radius 2 is 1.14 bits per heavy atom. The fraction of sp³-hybridized carbons (Fsp3) is 0.786. The monoisotopic (exact) mass is 741 g/mol. The third-order valence-electron chi connectivity index (χ3n) is 8.37. The lowest BCUT2D eigenvalue weighted by molar-refractivity contribution is -0.870. The van der Waals surface area contributed by atoms with E-state index in [2.05, 4.69) is 62.5 Å². The number of nitrogens with zero attached hydrogens (tertiary/aromatic N) is 1. The summed E-state index contributed by atoms with van der Waals surface area (Å²) in [7, 11) is 1.65. The number of ether oxygens (including phenoxy) is 2. The van der Waals surface area contributed by atoms with Gasteiger partial charge >= 0.3 is 13.8 Å². The lowest BCUT2D eigenvalue weighted by Crippen LogP contribution is -2.37. The first-order chi connectivity index (χ1) is 24.6. The van der Waals surface area contributed by atoms with Crippen LogP contribution in [0, 0.1) is 0 Å². The topological polar surface area (TPSA) is 91.3 Å². The Bertz CT molecular complexity index is 957. The Kier molecular flexibility index (Phi) is 34.4. The molecule has 0 aromatic heterocycles. The zero-order chi connectivity index (χ0) is 37.7. The second-order valence-corrected chi connectivity index (χ2v) is 16.1. The Balaban J connectivity index is 4.31. The third-order valence-corrected chi connectivity index (χ3v) is 9.36. The lowest BCUT2D eigenvalue weighted by Gasteiger charge is -2.24. The van der Waals surface area contributed by atoms with Crippen molar-refractivity contribution in [3.63, 3.8) is 0 Å². The number of hydrogen-bond donors (Lipinski definition) is 1. The number of unbranched alkanes of at least 4 members (excludes halogenated alkanes) is 15. The van der Waals surface area contributed by atoms with Crippen LogP contribution in [0.2, 0.25) is 0 Å². The van der Waals surface area contributed by atoms with E-state index in [0.717, 1.165) is 77.0 Å². The number of phosphoric ester groups is 1. The molecule has 0 aliphatic carbocycles. The van der Waals surface area contributed by atoms with E-state index in [1.165, 1.54) is 57.8 Å². The summed E-state index contributed by atoms with van der Waals surface area (Å²) < 4.78 is 34.9. The molecule has 298 valence electrons. The van der Waals surface area contributed by atoms with Crippen LogP contribution >= 0.6 is 7.82 Å². The number of carbonyl (C=O) groups is 1. The van der Waals surface area contributed by atoms with Gasteiger partial charge in [0.1, 0.15) is 19.3 Å². The quantitative estimate of drug-likeness (QED) is 0.0223. The van der Waals surface area contributed by atoms with Gasteiger partial charge in [0.15, 0.2) is 0 Å². The van der Waals surface area contributed by atoms with Gasteiger partial charge in [-0.2, -0.15) is 0 Å². The third kappa shape index (κ3) is 39.5. The molecule has 0 saturated carbocycles. The Morgan fingerprint density at radius 3 is 1.73 bits per heavy atom. The molecule has 0 saturated heterocycles. The van der Waals surface area contributed by atoms with E-state index in [9.17, 15) is 14.3 Å². The zero-order valence-corrected chi connectivity index (χ0v) is 34.5. The summed E-state index contributed by atoms with van der Waals surface area (Å²) in [4.78, 5) is 22.8. The Morgan fingerprint density at radius 1 is 0.627 bits per heavy atom. The predicted octanol–water partition coefficient (Wildman–Crippen LogP) is 11.6. The number of phosphoric acid groups is 1. The maximum Gasteiger partial charge on any atom is 0.472 e. The van der Waals surface area contributed by atoms with E-state index >= 15 is 0 Å². The normalized spacial score (nSPS) is 14.4. The molecule has 0 amide bonds. The van der Waals surface area contributed by atoms with Crippen LogP contribution < -0.4 is 0 Å². The summed E-state index contributed by atoms with van der Waals surface area (Å²) in [5, 5.41) is 0. The molecule has 0 aromatic rings. The summed E-state index contributed by atoms with van der Waals surface area (Å²) in [6.45, 7) is 5.44. The van der Waals surface area contributed by atoms with E-state index in [1.807, 2.05) is 21.1 Å². The van der Waals surface area contributed by atoms with E-state index in [4.69, 9.17) is 18.5 Å². The SMILES string of the molecule is CC/C=C\C/C=C\C/C=C\CCCCCCCCOCC(COP(=O)(O)OCC[N+](C)(C)C)OC(=O)CCCCCCC/C=C\CCCCCC. The van der Waals surface area contributed by atoms with Gasteiger partial charge in [0.2, 0.25) is 0 Å². The highest BCUT2D eigenvalue weighted by atomic mass is 31.2. The lowest BCUT2D eigenvalue weighted by atomic mass is 10.1. The smallest absolute Gasteiger partial charge is 0.457 e. The summed E-state index contributed by atoms with van der Waals surface area (Å²) in [5.41, 5.74) is 0. The van der Waals surface area contributed by atoms with Gasteiger partial charge in [-0.25, -0.2) is 4.57 Å². The van der Waals surface area contributed by atoms with Gasteiger partial charge in [-0.15, -0.1) is 0 Å². The molecule has 0 aliphatic rings. The second-order valence-electron chi connectivity index (χ2n) is 14.6. The van der Waals surface area contributed by atoms with Crippen molar-refractivity contribution in [1.82, 2.24) is 0 Å². The minimum Gasteiger partial charge on any atom is -0.457 e. The van der Waals surface area contributed by atoms with Gasteiger partial charge in [-0.3, -0.25) is 13.8 Å². The number of allylic oxidation sites excluding steroid dienone is 8. The molecule has 1 N–H and O–H groups in total. The van der Waals surface area contributed by atoms with Gasteiger partial charge in [0, 0.05) is 13.0 Å². The molecule has 0 bridgehead atoms. The highest BCUT2D eigenvalue weighted by Gasteiger charge is 2.26. The van der Waals surface area contributed by atoms with E-state index in [-0.39, 0.29) is 25.8 Å². The Hall–Kier alpha value is -1.54. The first-order valence-corrected chi connectivity index (χ1v) is 21.9. The molecule has 0 heterocycles. The van der Waals surface area contributed by atoms with E-state index in [1.54, 1.807) is 0 Å². The van der Waals surface area contributed by atoms with Crippen LogP contribution in [0.15, 0.2) is 48.6 Å². The number of carbonyl (C=O) groups excluding carboxylic acids is 1.